The lowest BCUT2D eigenvalue weighted by Gasteiger charge is -2.07. The van der Waals surface area contributed by atoms with E-state index in [0.717, 1.165) is 34.0 Å². The van der Waals surface area contributed by atoms with E-state index < -0.39 is 0 Å². The maximum Gasteiger partial charge on any atom is 0.0731 e. The summed E-state index contributed by atoms with van der Waals surface area (Å²) in [4.78, 5) is 0. The highest BCUT2D eigenvalue weighted by atomic mass is 79.9. The predicted octanol–water partition coefficient (Wildman–Crippen LogP) is 5.06. The maximum atomic E-state index is 6.08. The van der Waals surface area contributed by atoms with E-state index in [9.17, 15) is 0 Å². The molecule has 0 saturated carbocycles. The van der Waals surface area contributed by atoms with Gasteiger partial charge in [0.05, 0.1) is 6.61 Å². The highest BCUT2D eigenvalue weighted by molar-refractivity contribution is 9.10. The van der Waals surface area contributed by atoms with Crippen molar-refractivity contribution in [3.63, 3.8) is 0 Å². The zero-order valence-electron chi connectivity index (χ0n) is 9.80. The van der Waals surface area contributed by atoms with Crippen molar-refractivity contribution in [3.8, 4) is 0 Å². The third-order valence-electron chi connectivity index (χ3n) is 2.34. The fourth-order valence-electron chi connectivity index (χ4n) is 1.41. The normalized spacial score (nSPS) is 11.1. The minimum atomic E-state index is 0.601. The van der Waals surface area contributed by atoms with Crippen LogP contribution in [0.25, 0.3) is 0 Å². The Morgan fingerprint density at radius 3 is 2.75 bits per heavy atom. The molecule has 90 valence electrons. The Hall–Kier alpha value is -0.0500. The van der Waals surface area contributed by atoms with Gasteiger partial charge in [0.15, 0.2) is 0 Å². The van der Waals surface area contributed by atoms with Gasteiger partial charge in [-0.15, -0.1) is 0 Å². The van der Waals surface area contributed by atoms with Gasteiger partial charge in [0.1, 0.15) is 0 Å². The molecule has 1 nitrogen and oxygen atoms in total. The monoisotopic (exact) mass is 304 g/mol. The Morgan fingerprint density at radius 2 is 2.12 bits per heavy atom. The molecule has 0 aliphatic carbocycles. The lowest BCUT2D eigenvalue weighted by atomic mass is 10.1. The minimum Gasteiger partial charge on any atom is -0.377 e. The molecule has 0 bridgehead atoms. The smallest absolute Gasteiger partial charge is 0.0731 e. The van der Waals surface area contributed by atoms with Gasteiger partial charge in [-0.2, -0.15) is 0 Å². The third-order valence-corrected chi connectivity index (χ3v) is 3.19. The quantitative estimate of drug-likeness (QED) is 0.668. The summed E-state index contributed by atoms with van der Waals surface area (Å²) in [5.41, 5.74) is 1.05. The highest BCUT2D eigenvalue weighted by Gasteiger charge is 2.01. The molecule has 0 N–H and O–H groups in total. The Balaban J connectivity index is 2.27. The van der Waals surface area contributed by atoms with Crippen molar-refractivity contribution in [2.45, 2.75) is 33.3 Å². The number of rotatable bonds is 6. The van der Waals surface area contributed by atoms with Crippen LogP contribution in [0.3, 0.4) is 0 Å². The van der Waals surface area contributed by atoms with Crippen molar-refractivity contribution in [1.29, 1.82) is 0 Å². The van der Waals surface area contributed by atoms with Gasteiger partial charge < -0.3 is 4.74 Å². The predicted molar refractivity (Wildman–Crippen MR) is 72.9 cm³/mol. The van der Waals surface area contributed by atoms with Crippen LogP contribution in [0.4, 0.5) is 0 Å². The van der Waals surface area contributed by atoms with E-state index in [1.54, 1.807) is 0 Å². The van der Waals surface area contributed by atoms with Gasteiger partial charge in [0, 0.05) is 16.1 Å². The van der Waals surface area contributed by atoms with Crippen molar-refractivity contribution < 1.29 is 4.74 Å². The lowest BCUT2D eigenvalue weighted by molar-refractivity contribution is 0.115. The van der Waals surface area contributed by atoms with Gasteiger partial charge in [-0.05, 0) is 36.5 Å². The molecule has 0 saturated heterocycles. The molecule has 16 heavy (non-hydrogen) atoms. The average Bonchev–Trinajstić information content (AvgIpc) is 2.20. The van der Waals surface area contributed by atoms with Crippen LogP contribution in [-0.4, -0.2) is 6.61 Å². The SMILES string of the molecule is CC(C)CCCOCc1ccc(Br)cc1Cl. The average molecular weight is 306 g/mol. The number of benzene rings is 1. The van der Waals surface area contributed by atoms with Crippen LogP contribution in [-0.2, 0) is 11.3 Å². The molecule has 0 aliphatic heterocycles. The number of hydrogen-bond acceptors (Lipinski definition) is 1. The molecule has 1 aromatic rings. The van der Waals surface area contributed by atoms with E-state index in [2.05, 4.69) is 29.8 Å². The Labute approximate surface area is 111 Å². The van der Waals surface area contributed by atoms with Crippen molar-refractivity contribution >= 4 is 27.5 Å². The largest absolute Gasteiger partial charge is 0.377 e. The van der Waals surface area contributed by atoms with Crippen LogP contribution in [0.2, 0.25) is 5.02 Å². The Kier molecular flexibility index (Phi) is 6.40. The van der Waals surface area contributed by atoms with Crippen molar-refractivity contribution in [3.05, 3.63) is 33.3 Å². The summed E-state index contributed by atoms with van der Waals surface area (Å²) >= 11 is 9.46. The molecule has 0 aromatic heterocycles. The highest BCUT2D eigenvalue weighted by Crippen LogP contribution is 2.22. The fourth-order valence-corrected chi connectivity index (χ4v) is 2.14. The first-order chi connectivity index (χ1) is 7.59. The topological polar surface area (TPSA) is 9.23 Å². The van der Waals surface area contributed by atoms with Crippen molar-refractivity contribution in [2.24, 2.45) is 5.92 Å². The van der Waals surface area contributed by atoms with Crippen molar-refractivity contribution in [2.75, 3.05) is 6.61 Å². The first kappa shape index (κ1) is 14.0. The van der Waals surface area contributed by atoms with Crippen LogP contribution in [0.15, 0.2) is 22.7 Å². The number of ether oxygens (including phenoxy) is 1. The maximum absolute atomic E-state index is 6.08. The van der Waals surface area contributed by atoms with Crippen LogP contribution in [0.1, 0.15) is 32.3 Å². The molecule has 0 amide bonds. The molecule has 0 aliphatic rings. The molecule has 0 atom stereocenters. The van der Waals surface area contributed by atoms with Crippen LogP contribution < -0.4 is 0 Å². The summed E-state index contributed by atoms with van der Waals surface area (Å²) in [6.45, 7) is 5.87. The van der Waals surface area contributed by atoms with Gasteiger partial charge in [-0.1, -0.05) is 47.4 Å². The summed E-state index contributed by atoms with van der Waals surface area (Å²) in [6.07, 6.45) is 2.33. The van der Waals surface area contributed by atoms with Crippen molar-refractivity contribution in [1.82, 2.24) is 0 Å². The van der Waals surface area contributed by atoms with Crippen LogP contribution >= 0.6 is 27.5 Å². The van der Waals surface area contributed by atoms with Crippen LogP contribution in [0, 0.1) is 5.92 Å². The van der Waals surface area contributed by atoms with E-state index >= 15 is 0 Å². The zero-order valence-corrected chi connectivity index (χ0v) is 12.1. The molecule has 0 fully saturated rings. The van der Waals surface area contributed by atoms with E-state index in [1.807, 2.05) is 18.2 Å². The zero-order chi connectivity index (χ0) is 12.0. The lowest BCUT2D eigenvalue weighted by Crippen LogP contribution is -1.98. The van der Waals surface area contributed by atoms with E-state index in [1.165, 1.54) is 6.42 Å². The summed E-state index contributed by atoms with van der Waals surface area (Å²) in [5, 5.41) is 0.762. The van der Waals surface area contributed by atoms with E-state index in [0.29, 0.717) is 6.61 Å². The Bertz CT molecular complexity index is 326. The molecule has 0 radical (unpaired) electrons. The van der Waals surface area contributed by atoms with E-state index in [4.69, 9.17) is 16.3 Å². The molecular formula is C13H18BrClO. The van der Waals surface area contributed by atoms with Gasteiger partial charge in [0.2, 0.25) is 0 Å². The van der Waals surface area contributed by atoms with Gasteiger partial charge in [0.25, 0.3) is 0 Å². The molecular weight excluding hydrogens is 287 g/mol. The summed E-state index contributed by atoms with van der Waals surface area (Å²) in [6, 6.07) is 5.88. The summed E-state index contributed by atoms with van der Waals surface area (Å²) in [7, 11) is 0. The molecule has 1 rings (SSSR count). The fraction of sp³-hybridized carbons (Fsp3) is 0.538. The first-order valence-electron chi connectivity index (χ1n) is 5.61. The second kappa shape index (κ2) is 7.31. The second-order valence-electron chi connectivity index (χ2n) is 4.32. The number of halogens is 2. The van der Waals surface area contributed by atoms with E-state index in [-0.39, 0.29) is 0 Å². The standard InChI is InChI=1S/C13H18BrClO/c1-10(2)4-3-7-16-9-11-5-6-12(14)8-13(11)15/h5-6,8,10H,3-4,7,9H2,1-2H3. The molecule has 0 spiro atoms. The first-order valence-corrected chi connectivity index (χ1v) is 6.78. The van der Waals surface area contributed by atoms with Gasteiger partial charge in [-0.25, -0.2) is 0 Å². The third kappa shape index (κ3) is 5.33. The number of hydrogen-bond donors (Lipinski definition) is 0. The summed E-state index contributed by atoms with van der Waals surface area (Å²) in [5.74, 6) is 0.750. The van der Waals surface area contributed by atoms with Crippen LogP contribution in [0.5, 0.6) is 0 Å². The van der Waals surface area contributed by atoms with Gasteiger partial charge in [-0.3, -0.25) is 0 Å². The van der Waals surface area contributed by atoms with Gasteiger partial charge >= 0.3 is 0 Å². The molecule has 0 heterocycles. The minimum absolute atomic E-state index is 0.601. The second-order valence-corrected chi connectivity index (χ2v) is 5.65. The summed E-state index contributed by atoms with van der Waals surface area (Å²) < 4.78 is 6.59. The molecule has 0 unspecified atom stereocenters. The Morgan fingerprint density at radius 1 is 1.38 bits per heavy atom. The molecule has 1 aromatic carbocycles. The molecule has 3 heteroatoms.